The van der Waals surface area contributed by atoms with Crippen LogP contribution in [0.15, 0.2) is 24.3 Å². The molecule has 2 amide bonds. The summed E-state index contributed by atoms with van der Waals surface area (Å²) in [5, 5.41) is 2.96. The first-order chi connectivity index (χ1) is 11.0. The third-order valence-electron chi connectivity index (χ3n) is 5.14. The summed E-state index contributed by atoms with van der Waals surface area (Å²) in [6.45, 7) is 4.88. The van der Waals surface area contributed by atoms with Crippen molar-refractivity contribution >= 4 is 17.5 Å². The number of benzene rings is 1. The van der Waals surface area contributed by atoms with Crippen molar-refractivity contribution in [2.24, 2.45) is 5.92 Å². The predicted octanol–water partition coefficient (Wildman–Crippen LogP) is 3.54. The third kappa shape index (κ3) is 3.57. The molecule has 1 atom stereocenters. The molecule has 0 spiro atoms. The fraction of sp³-hybridized carbons (Fsp3) is 0.579. The Balaban J connectivity index is 1.59. The van der Waals surface area contributed by atoms with Crippen LogP contribution in [0.1, 0.15) is 57.4 Å². The van der Waals surface area contributed by atoms with Crippen molar-refractivity contribution in [3.63, 3.8) is 0 Å². The molecule has 1 heterocycles. The van der Waals surface area contributed by atoms with Gasteiger partial charge in [0.1, 0.15) is 0 Å². The minimum atomic E-state index is -0.215. The van der Waals surface area contributed by atoms with Gasteiger partial charge in [0, 0.05) is 24.7 Å². The van der Waals surface area contributed by atoms with E-state index in [-0.39, 0.29) is 17.7 Å². The lowest BCUT2D eigenvalue weighted by atomic mass is 10.0. The van der Waals surface area contributed by atoms with Crippen LogP contribution < -0.4 is 5.32 Å². The van der Waals surface area contributed by atoms with Crippen LogP contribution in [0.3, 0.4) is 0 Å². The Hall–Kier alpha value is -1.84. The number of nitrogens with zero attached hydrogens (tertiary/aromatic N) is 1. The van der Waals surface area contributed by atoms with Gasteiger partial charge in [0.2, 0.25) is 11.8 Å². The second-order valence-corrected chi connectivity index (χ2v) is 7.15. The molecule has 23 heavy (non-hydrogen) atoms. The zero-order valence-corrected chi connectivity index (χ0v) is 14.0. The van der Waals surface area contributed by atoms with E-state index in [0.717, 1.165) is 18.5 Å². The summed E-state index contributed by atoms with van der Waals surface area (Å²) in [5.41, 5.74) is 2.07. The summed E-state index contributed by atoms with van der Waals surface area (Å²) in [6, 6.07) is 8.35. The van der Waals surface area contributed by atoms with Crippen molar-refractivity contribution < 1.29 is 9.59 Å². The summed E-state index contributed by atoms with van der Waals surface area (Å²) >= 11 is 0. The van der Waals surface area contributed by atoms with Gasteiger partial charge in [-0.15, -0.1) is 0 Å². The maximum absolute atomic E-state index is 12.4. The molecule has 1 aromatic rings. The van der Waals surface area contributed by atoms with E-state index >= 15 is 0 Å². The molecule has 1 aromatic carbocycles. The number of anilines is 1. The first-order valence-electron chi connectivity index (χ1n) is 8.75. The Morgan fingerprint density at radius 2 is 1.83 bits per heavy atom. The second kappa shape index (κ2) is 6.73. The molecular weight excluding hydrogens is 288 g/mol. The lowest BCUT2D eigenvalue weighted by Gasteiger charge is -2.23. The molecule has 0 aromatic heterocycles. The second-order valence-electron chi connectivity index (χ2n) is 7.15. The van der Waals surface area contributed by atoms with E-state index in [2.05, 4.69) is 19.2 Å². The molecule has 4 heteroatoms. The maximum atomic E-state index is 12.4. The third-order valence-corrected chi connectivity index (χ3v) is 5.14. The molecule has 3 rings (SSSR count). The van der Waals surface area contributed by atoms with Gasteiger partial charge in [-0.25, -0.2) is 0 Å². The molecule has 1 aliphatic carbocycles. The van der Waals surface area contributed by atoms with Crippen LogP contribution >= 0.6 is 0 Å². The number of carbonyl (C=O) groups is 2. The fourth-order valence-electron chi connectivity index (χ4n) is 3.67. The van der Waals surface area contributed by atoms with Crippen molar-refractivity contribution in [1.82, 2.24) is 4.90 Å². The Labute approximate surface area is 138 Å². The quantitative estimate of drug-likeness (QED) is 0.924. The smallest absolute Gasteiger partial charge is 0.229 e. The van der Waals surface area contributed by atoms with E-state index in [1.165, 1.54) is 18.4 Å². The largest absolute Gasteiger partial charge is 0.339 e. The first kappa shape index (κ1) is 16.0. The highest BCUT2D eigenvalue weighted by molar-refractivity contribution is 5.97. The molecule has 1 saturated carbocycles. The summed E-state index contributed by atoms with van der Waals surface area (Å²) in [7, 11) is 0. The minimum Gasteiger partial charge on any atom is -0.339 e. The van der Waals surface area contributed by atoms with Crippen molar-refractivity contribution in [3.8, 4) is 0 Å². The van der Waals surface area contributed by atoms with Gasteiger partial charge < -0.3 is 10.2 Å². The van der Waals surface area contributed by atoms with Crippen molar-refractivity contribution in [2.45, 2.75) is 57.9 Å². The summed E-state index contributed by atoms with van der Waals surface area (Å²) in [5.74, 6) is 0.378. The van der Waals surface area contributed by atoms with E-state index in [4.69, 9.17) is 0 Å². The van der Waals surface area contributed by atoms with Crippen molar-refractivity contribution in [1.29, 1.82) is 0 Å². The number of hydrogen-bond acceptors (Lipinski definition) is 2. The zero-order valence-electron chi connectivity index (χ0n) is 14.0. The summed E-state index contributed by atoms with van der Waals surface area (Å²) in [4.78, 5) is 26.6. The van der Waals surface area contributed by atoms with Gasteiger partial charge in [-0.1, -0.05) is 38.8 Å². The average molecular weight is 314 g/mol. The average Bonchev–Trinajstić information content (AvgIpc) is 3.16. The molecule has 1 saturated heterocycles. The van der Waals surface area contributed by atoms with Crippen LogP contribution in [0.2, 0.25) is 0 Å². The van der Waals surface area contributed by atoms with E-state index in [9.17, 15) is 9.59 Å². The zero-order chi connectivity index (χ0) is 16.4. The Bertz CT molecular complexity index is 574. The molecule has 2 aliphatic rings. The number of nitrogens with one attached hydrogen (secondary N) is 1. The lowest BCUT2D eigenvalue weighted by Crippen LogP contribution is -2.35. The van der Waals surface area contributed by atoms with E-state index in [1.54, 1.807) is 0 Å². The highest BCUT2D eigenvalue weighted by atomic mass is 16.2. The number of hydrogen-bond donors (Lipinski definition) is 1. The molecule has 0 radical (unpaired) electrons. The monoisotopic (exact) mass is 314 g/mol. The minimum absolute atomic E-state index is 0.0313. The SMILES string of the molecule is CC(C)c1ccc(NC(=O)[C@@H]2CC(=O)N(C3CCCC3)C2)cc1. The molecule has 1 aliphatic heterocycles. The van der Waals surface area contributed by atoms with Crippen LogP contribution in [0.4, 0.5) is 5.69 Å². The Morgan fingerprint density at radius 3 is 2.43 bits per heavy atom. The van der Waals surface area contributed by atoms with Gasteiger partial charge in [-0.2, -0.15) is 0 Å². The molecule has 2 fully saturated rings. The van der Waals surface area contributed by atoms with Gasteiger partial charge >= 0.3 is 0 Å². The molecule has 124 valence electrons. The van der Waals surface area contributed by atoms with Crippen LogP contribution in [-0.2, 0) is 9.59 Å². The van der Waals surface area contributed by atoms with Crippen LogP contribution in [-0.4, -0.2) is 29.3 Å². The number of rotatable bonds is 4. The predicted molar refractivity (Wildman–Crippen MR) is 91.2 cm³/mol. The molecular formula is C19H26N2O2. The number of carbonyl (C=O) groups excluding carboxylic acids is 2. The molecule has 0 unspecified atom stereocenters. The van der Waals surface area contributed by atoms with Crippen LogP contribution in [0, 0.1) is 5.92 Å². The fourth-order valence-corrected chi connectivity index (χ4v) is 3.67. The van der Waals surface area contributed by atoms with Gasteiger partial charge in [-0.3, -0.25) is 9.59 Å². The summed E-state index contributed by atoms with van der Waals surface area (Å²) < 4.78 is 0. The number of likely N-dealkylation sites (tertiary alicyclic amines) is 1. The highest BCUT2D eigenvalue weighted by Gasteiger charge is 2.38. The molecule has 1 N–H and O–H groups in total. The van der Waals surface area contributed by atoms with Crippen molar-refractivity contribution in [3.05, 3.63) is 29.8 Å². The van der Waals surface area contributed by atoms with Gasteiger partial charge in [-0.05, 0) is 36.5 Å². The molecule has 4 nitrogen and oxygen atoms in total. The van der Waals surface area contributed by atoms with Gasteiger partial charge in [0.25, 0.3) is 0 Å². The maximum Gasteiger partial charge on any atom is 0.229 e. The topological polar surface area (TPSA) is 49.4 Å². The van der Waals surface area contributed by atoms with Crippen LogP contribution in [0.25, 0.3) is 0 Å². The van der Waals surface area contributed by atoms with Gasteiger partial charge in [0.15, 0.2) is 0 Å². The van der Waals surface area contributed by atoms with Gasteiger partial charge in [0.05, 0.1) is 5.92 Å². The normalized spacial score (nSPS) is 22.1. The Kier molecular flexibility index (Phi) is 4.69. The Morgan fingerprint density at radius 1 is 1.17 bits per heavy atom. The highest BCUT2D eigenvalue weighted by Crippen LogP contribution is 2.30. The number of amides is 2. The first-order valence-corrected chi connectivity index (χ1v) is 8.75. The van der Waals surface area contributed by atoms with Crippen molar-refractivity contribution in [2.75, 3.05) is 11.9 Å². The van der Waals surface area contributed by atoms with Crippen LogP contribution in [0.5, 0.6) is 0 Å². The lowest BCUT2D eigenvalue weighted by molar-refractivity contribution is -0.129. The summed E-state index contributed by atoms with van der Waals surface area (Å²) in [6.07, 6.45) is 4.95. The molecule has 0 bridgehead atoms. The standard InChI is InChI=1S/C19H26N2O2/c1-13(2)14-7-9-16(10-8-14)20-19(23)15-11-18(22)21(12-15)17-5-3-4-6-17/h7-10,13,15,17H,3-6,11-12H2,1-2H3,(H,20,23)/t15-/m1/s1. The van der Waals surface area contributed by atoms with E-state index in [0.29, 0.717) is 24.9 Å². The van der Waals surface area contributed by atoms with E-state index in [1.807, 2.05) is 29.2 Å². The van der Waals surface area contributed by atoms with E-state index < -0.39 is 0 Å².